The van der Waals surface area contributed by atoms with E-state index in [1.54, 1.807) is 7.11 Å². The number of carbonyl (C=O) groups is 1. The monoisotopic (exact) mass is 322 g/mol. The number of halogens is 1. The van der Waals surface area contributed by atoms with Crippen LogP contribution in [0, 0.1) is 5.92 Å². The molecule has 2 rings (SSSR count). The van der Waals surface area contributed by atoms with Gasteiger partial charge in [-0.25, -0.2) is 0 Å². The fourth-order valence-electron chi connectivity index (χ4n) is 3.48. The minimum Gasteiger partial charge on any atom is -0.381 e. The molecule has 1 aliphatic carbocycles. The van der Waals surface area contributed by atoms with Crippen molar-refractivity contribution in [2.75, 3.05) is 7.11 Å². The molecule has 0 radical (unpaired) electrons. The first-order chi connectivity index (χ1) is 10.6. The quantitative estimate of drug-likeness (QED) is 0.673. The highest BCUT2D eigenvalue weighted by Gasteiger charge is 2.24. The van der Waals surface area contributed by atoms with Crippen molar-refractivity contribution in [2.24, 2.45) is 5.92 Å². The van der Waals surface area contributed by atoms with Gasteiger partial charge in [0.05, 0.1) is 6.10 Å². The van der Waals surface area contributed by atoms with Crippen LogP contribution in [0.3, 0.4) is 0 Å². The third kappa shape index (κ3) is 4.82. The van der Waals surface area contributed by atoms with Gasteiger partial charge in [0.2, 0.25) is 0 Å². The SMILES string of the molecule is COC(CCC1CCCCC1=O)CC(C)c1ccccc1Cl. The third-order valence-electron chi connectivity index (χ3n) is 4.90. The molecule has 2 nitrogen and oxygen atoms in total. The molecule has 0 aromatic heterocycles. The number of hydrogen-bond donors (Lipinski definition) is 0. The van der Waals surface area contributed by atoms with Crippen LogP contribution < -0.4 is 0 Å². The summed E-state index contributed by atoms with van der Waals surface area (Å²) in [6, 6.07) is 8.02. The largest absolute Gasteiger partial charge is 0.381 e. The van der Waals surface area contributed by atoms with Crippen LogP contribution in [0.15, 0.2) is 24.3 Å². The van der Waals surface area contributed by atoms with Gasteiger partial charge in [-0.05, 0) is 49.7 Å². The van der Waals surface area contributed by atoms with E-state index in [0.717, 1.165) is 43.5 Å². The summed E-state index contributed by atoms with van der Waals surface area (Å²) in [5.41, 5.74) is 1.18. The molecule has 3 heteroatoms. The first-order valence-corrected chi connectivity index (χ1v) is 8.79. The predicted molar refractivity (Wildman–Crippen MR) is 91.5 cm³/mol. The summed E-state index contributed by atoms with van der Waals surface area (Å²) in [5, 5.41) is 0.826. The minimum absolute atomic E-state index is 0.195. The van der Waals surface area contributed by atoms with Gasteiger partial charge in [-0.2, -0.15) is 0 Å². The molecule has 0 N–H and O–H groups in total. The van der Waals surface area contributed by atoms with E-state index in [9.17, 15) is 4.79 Å². The zero-order valence-electron chi connectivity index (χ0n) is 13.7. The van der Waals surface area contributed by atoms with Gasteiger partial charge in [0.25, 0.3) is 0 Å². The second-order valence-electron chi connectivity index (χ2n) is 6.50. The van der Waals surface area contributed by atoms with Crippen LogP contribution in [0.2, 0.25) is 5.02 Å². The number of benzene rings is 1. The molecular formula is C19H27ClO2. The van der Waals surface area contributed by atoms with Crippen molar-refractivity contribution in [1.29, 1.82) is 0 Å². The van der Waals surface area contributed by atoms with Gasteiger partial charge >= 0.3 is 0 Å². The summed E-state index contributed by atoms with van der Waals surface area (Å²) in [6.45, 7) is 2.19. The van der Waals surface area contributed by atoms with Gasteiger partial charge in [-0.15, -0.1) is 0 Å². The van der Waals surface area contributed by atoms with Crippen LogP contribution in [-0.2, 0) is 9.53 Å². The molecule has 0 heterocycles. The minimum atomic E-state index is 0.195. The molecule has 0 bridgehead atoms. The van der Waals surface area contributed by atoms with Gasteiger partial charge in [0.15, 0.2) is 0 Å². The van der Waals surface area contributed by atoms with E-state index in [-0.39, 0.29) is 12.0 Å². The molecular weight excluding hydrogens is 296 g/mol. The maximum Gasteiger partial charge on any atom is 0.135 e. The van der Waals surface area contributed by atoms with Gasteiger partial charge in [-0.1, -0.05) is 43.1 Å². The summed E-state index contributed by atoms with van der Waals surface area (Å²) in [6.07, 6.45) is 7.18. The first kappa shape index (κ1) is 17.5. The Bertz CT molecular complexity index is 486. The van der Waals surface area contributed by atoms with Gasteiger partial charge < -0.3 is 4.74 Å². The number of ketones is 1. The van der Waals surface area contributed by atoms with Crippen molar-refractivity contribution < 1.29 is 9.53 Å². The molecule has 0 aliphatic heterocycles. The maximum atomic E-state index is 11.9. The zero-order chi connectivity index (χ0) is 15.9. The van der Waals surface area contributed by atoms with Crippen LogP contribution in [0.1, 0.15) is 63.4 Å². The zero-order valence-corrected chi connectivity index (χ0v) is 14.4. The Kier molecular flexibility index (Phi) is 6.91. The molecule has 1 fully saturated rings. The highest BCUT2D eigenvalue weighted by atomic mass is 35.5. The lowest BCUT2D eigenvalue weighted by Crippen LogP contribution is -2.22. The number of rotatable bonds is 7. The Morgan fingerprint density at radius 3 is 2.77 bits per heavy atom. The average Bonchev–Trinajstić information content (AvgIpc) is 2.53. The van der Waals surface area contributed by atoms with Crippen LogP contribution >= 0.6 is 11.6 Å². The number of methoxy groups -OCH3 is 1. The van der Waals surface area contributed by atoms with Crippen molar-refractivity contribution in [3.05, 3.63) is 34.9 Å². The lowest BCUT2D eigenvalue weighted by molar-refractivity contribution is -0.125. The normalized spacial score (nSPS) is 21.6. The number of carbonyl (C=O) groups excluding carboxylic acids is 1. The highest BCUT2D eigenvalue weighted by Crippen LogP contribution is 2.31. The van der Waals surface area contributed by atoms with Gasteiger partial charge in [-0.3, -0.25) is 4.79 Å². The summed E-state index contributed by atoms with van der Waals surface area (Å²) in [5.74, 6) is 1.09. The van der Waals surface area contributed by atoms with E-state index in [2.05, 4.69) is 13.0 Å². The molecule has 1 aliphatic rings. The summed E-state index contributed by atoms with van der Waals surface area (Å²) < 4.78 is 5.65. The van der Waals surface area contributed by atoms with E-state index < -0.39 is 0 Å². The summed E-state index contributed by atoms with van der Waals surface area (Å²) in [7, 11) is 1.77. The van der Waals surface area contributed by atoms with Crippen LogP contribution in [0.5, 0.6) is 0 Å². The van der Waals surface area contributed by atoms with Crippen molar-refractivity contribution in [3.63, 3.8) is 0 Å². The highest BCUT2D eigenvalue weighted by molar-refractivity contribution is 6.31. The van der Waals surface area contributed by atoms with E-state index in [1.165, 1.54) is 12.0 Å². The second kappa shape index (κ2) is 8.69. The predicted octanol–water partition coefficient (Wildman–Crippen LogP) is 5.39. The summed E-state index contributed by atoms with van der Waals surface area (Å²) in [4.78, 5) is 11.9. The van der Waals surface area contributed by atoms with Crippen LogP contribution in [0.25, 0.3) is 0 Å². The molecule has 22 heavy (non-hydrogen) atoms. The second-order valence-corrected chi connectivity index (χ2v) is 6.91. The standard InChI is InChI=1S/C19H27ClO2/c1-14(17-8-4-5-9-18(17)20)13-16(22-2)12-11-15-7-3-6-10-19(15)21/h4-5,8-9,14-16H,3,6-7,10-13H2,1-2H3. The van der Waals surface area contributed by atoms with Crippen molar-refractivity contribution in [1.82, 2.24) is 0 Å². The van der Waals surface area contributed by atoms with E-state index in [1.807, 2.05) is 18.2 Å². The van der Waals surface area contributed by atoms with E-state index >= 15 is 0 Å². The fourth-order valence-corrected chi connectivity index (χ4v) is 3.80. The number of Topliss-reactive ketones (excluding diaryl/α,β-unsaturated/α-hetero) is 1. The maximum absolute atomic E-state index is 11.9. The Morgan fingerprint density at radius 2 is 2.09 bits per heavy atom. The van der Waals surface area contributed by atoms with Gasteiger partial charge in [0.1, 0.15) is 5.78 Å². The number of ether oxygens (including phenoxy) is 1. The smallest absolute Gasteiger partial charge is 0.135 e. The lowest BCUT2D eigenvalue weighted by atomic mass is 9.83. The van der Waals surface area contributed by atoms with E-state index in [4.69, 9.17) is 16.3 Å². The Labute approximate surface area is 139 Å². The Morgan fingerprint density at radius 1 is 1.32 bits per heavy atom. The molecule has 3 unspecified atom stereocenters. The molecule has 0 amide bonds. The molecule has 0 spiro atoms. The van der Waals surface area contributed by atoms with Crippen LogP contribution in [0.4, 0.5) is 0 Å². The Balaban J connectivity index is 1.86. The Hall–Kier alpha value is -0.860. The molecule has 1 saturated carbocycles. The molecule has 1 aromatic carbocycles. The lowest BCUT2D eigenvalue weighted by Gasteiger charge is -2.24. The molecule has 122 valence electrons. The topological polar surface area (TPSA) is 26.3 Å². The van der Waals surface area contributed by atoms with E-state index in [0.29, 0.717) is 11.7 Å². The summed E-state index contributed by atoms with van der Waals surface area (Å²) >= 11 is 6.28. The van der Waals surface area contributed by atoms with Crippen molar-refractivity contribution >= 4 is 17.4 Å². The fraction of sp³-hybridized carbons (Fsp3) is 0.632. The van der Waals surface area contributed by atoms with Crippen molar-refractivity contribution in [2.45, 2.75) is 63.9 Å². The molecule has 3 atom stereocenters. The number of hydrogen-bond acceptors (Lipinski definition) is 2. The van der Waals surface area contributed by atoms with Crippen LogP contribution in [-0.4, -0.2) is 19.0 Å². The van der Waals surface area contributed by atoms with Crippen molar-refractivity contribution in [3.8, 4) is 0 Å². The van der Waals surface area contributed by atoms with Gasteiger partial charge in [0, 0.05) is 24.5 Å². The molecule has 0 saturated heterocycles. The average molecular weight is 323 g/mol. The first-order valence-electron chi connectivity index (χ1n) is 8.41. The third-order valence-corrected chi connectivity index (χ3v) is 5.25. The molecule has 1 aromatic rings.